The summed E-state index contributed by atoms with van der Waals surface area (Å²) in [7, 11) is 0. The minimum atomic E-state index is -0.329. The highest BCUT2D eigenvalue weighted by molar-refractivity contribution is 4.97. The van der Waals surface area contributed by atoms with Crippen molar-refractivity contribution < 1.29 is 5.11 Å². The number of rotatable bonds is 4. The molecule has 4 nitrogen and oxygen atoms in total. The molecule has 22 heavy (non-hydrogen) atoms. The summed E-state index contributed by atoms with van der Waals surface area (Å²) in [5.41, 5.74) is -0.329. The summed E-state index contributed by atoms with van der Waals surface area (Å²) in [4.78, 5) is 7.95. The molecule has 0 spiro atoms. The SMILES string of the molecule is OC1(CN2CC(N3CCN(C4CCCCC4)CC3)C2)CCC1. The topological polar surface area (TPSA) is 30.0 Å². The van der Waals surface area contributed by atoms with Crippen molar-refractivity contribution in [2.45, 2.75) is 69.1 Å². The van der Waals surface area contributed by atoms with E-state index in [0.717, 1.165) is 31.5 Å². The van der Waals surface area contributed by atoms with Gasteiger partial charge in [-0.3, -0.25) is 14.7 Å². The number of hydrogen-bond acceptors (Lipinski definition) is 4. The van der Waals surface area contributed by atoms with Gasteiger partial charge < -0.3 is 5.11 Å². The summed E-state index contributed by atoms with van der Waals surface area (Å²) in [5, 5.41) is 10.3. The molecule has 0 amide bonds. The highest BCUT2D eigenvalue weighted by Crippen LogP contribution is 2.34. The molecule has 2 saturated heterocycles. The first-order valence-electron chi connectivity index (χ1n) is 9.65. The van der Waals surface area contributed by atoms with Gasteiger partial charge in [-0.05, 0) is 32.1 Å². The first-order valence-corrected chi connectivity index (χ1v) is 9.65. The Hall–Kier alpha value is -0.160. The Bertz CT molecular complexity index is 365. The van der Waals surface area contributed by atoms with Crippen molar-refractivity contribution in [3.8, 4) is 0 Å². The third-order valence-corrected chi connectivity index (χ3v) is 6.70. The van der Waals surface area contributed by atoms with E-state index in [2.05, 4.69) is 14.7 Å². The number of hydrogen-bond donors (Lipinski definition) is 1. The second-order valence-electron chi connectivity index (χ2n) is 8.29. The maximum Gasteiger partial charge on any atom is 0.0774 e. The number of β-amino-alcohol motifs (C(OH)–C–C–N with tert-alkyl or cyclic N) is 1. The lowest BCUT2D eigenvalue weighted by Gasteiger charge is -2.52. The average molecular weight is 307 g/mol. The summed E-state index contributed by atoms with van der Waals surface area (Å²) in [6.07, 6.45) is 10.5. The standard InChI is InChI=1S/C18H33N3O/c22-18(7-4-8-18)15-19-13-17(14-19)21-11-9-20(10-12-21)16-5-2-1-3-6-16/h16-17,22H,1-15H2. The molecule has 0 unspecified atom stereocenters. The summed E-state index contributed by atoms with van der Waals surface area (Å²) in [5.74, 6) is 0. The Kier molecular flexibility index (Phi) is 4.46. The van der Waals surface area contributed by atoms with Gasteiger partial charge in [-0.25, -0.2) is 0 Å². The summed E-state index contributed by atoms with van der Waals surface area (Å²) < 4.78 is 0. The van der Waals surface area contributed by atoms with E-state index in [-0.39, 0.29) is 5.60 Å². The van der Waals surface area contributed by atoms with E-state index in [4.69, 9.17) is 0 Å². The van der Waals surface area contributed by atoms with Crippen molar-refractivity contribution in [2.75, 3.05) is 45.8 Å². The molecule has 4 heteroatoms. The van der Waals surface area contributed by atoms with E-state index in [0.29, 0.717) is 0 Å². The highest BCUT2D eigenvalue weighted by Gasteiger charge is 2.41. The molecule has 0 radical (unpaired) electrons. The minimum Gasteiger partial charge on any atom is -0.389 e. The summed E-state index contributed by atoms with van der Waals surface area (Å²) in [6, 6.07) is 1.65. The molecule has 2 saturated carbocycles. The van der Waals surface area contributed by atoms with Gasteiger partial charge in [0.25, 0.3) is 0 Å². The summed E-state index contributed by atoms with van der Waals surface area (Å²) in [6.45, 7) is 8.39. The molecule has 2 aliphatic heterocycles. The Balaban J connectivity index is 1.17. The molecule has 2 heterocycles. The number of nitrogens with zero attached hydrogens (tertiary/aromatic N) is 3. The maximum absolute atomic E-state index is 10.3. The van der Waals surface area contributed by atoms with Crippen LogP contribution in [-0.2, 0) is 0 Å². The first-order chi connectivity index (χ1) is 10.7. The van der Waals surface area contributed by atoms with Gasteiger partial charge in [0.15, 0.2) is 0 Å². The molecular weight excluding hydrogens is 274 g/mol. The molecule has 4 fully saturated rings. The van der Waals surface area contributed by atoms with Crippen LogP contribution in [0.1, 0.15) is 51.4 Å². The zero-order valence-electron chi connectivity index (χ0n) is 14.1. The largest absolute Gasteiger partial charge is 0.389 e. The molecular formula is C18H33N3O. The van der Waals surface area contributed by atoms with Gasteiger partial charge in [0.05, 0.1) is 5.60 Å². The third-order valence-electron chi connectivity index (χ3n) is 6.70. The molecule has 126 valence electrons. The van der Waals surface area contributed by atoms with Crippen LogP contribution in [0.25, 0.3) is 0 Å². The van der Waals surface area contributed by atoms with Crippen molar-refractivity contribution in [3.05, 3.63) is 0 Å². The molecule has 4 rings (SSSR count). The zero-order chi connectivity index (χ0) is 15.0. The minimum absolute atomic E-state index is 0.329. The van der Waals surface area contributed by atoms with Crippen molar-refractivity contribution in [1.82, 2.24) is 14.7 Å². The van der Waals surface area contributed by atoms with Gasteiger partial charge in [0.1, 0.15) is 0 Å². The maximum atomic E-state index is 10.3. The predicted octanol–water partition coefficient (Wildman–Crippen LogP) is 1.54. The summed E-state index contributed by atoms with van der Waals surface area (Å²) >= 11 is 0. The van der Waals surface area contributed by atoms with E-state index in [1.807, 2.05) is 0 Å². The van der Waals surface area contributed by atoms with E-state index in [9.17, 15) is 5.11 Å². The number of piperazine rings is 1. The Morgan fingerprint density at radius 3 is 1.91 bits per heavy atom. The van der Waals surface area contributed by atoms with Crippen LogP contribution in [0.2, 0.25) is 0 Å². The molecule has 0 atom stereocenters. The molecule has 0 aromatic rings. The molecule has 2 aliphatic carbocycles. The monoisotopic (exact) mass is 307 g/mol. The van der Waals surface area contributed by atoms with Crippen LogP contribution in [0.3, 0.4) is 0 Å². The number of aliphatic hydroxyl groups is 1. The fourth-order valence-corrected chi connectivity index (χ4v) is 4.98. The normalized spacial score (nSPS) is 32.6. The average Bonchev–Trinajstić information content (AvgIpc) is 2.50. The lowest BCUT2D eigenvalue weighted by molar-refractivity contribution is -0.0910. The molecule has 0 bridgehead atoms. The van der Waals surface area contributed by atoms with Crippen LogP contribution in [0.4, 0.5) is 0 Å². The zero-order valence-corrected chi connectivity index (χ0v) is 14.1. The Labute approximate surface area is 135 Å². The van der Waals surface area contributed by atoms with E-state index >= 15 is 0 Å². The van der Waals surface area contributed by atoms with Gasteiger partial charge >= 0.3 is 0 Å². The van der Waals surface area contributed by atoms with Gasteiger partial charge in [-0.1, -0.05) is 19.3 Å². The second-order valence-corrected chi connectivity index (χ2v) is 8.29. The van der Waals surface area contributed by atoms with Gasteiger partial charge in [0, 0.05) is 57.9 Å². The fourth-order valence-electron chi connectivity index (χ4n) is 4.98. The van der Waals surface area contributed by atoms with Crippen LogP contribution >= 0.6 is 0 Å². The number of likely N-dealkylation sites (tertiary alicyclic amines) is 1. The molecule has 4 aliphatic rings. The van der Waals surface area contributed by atoms with Crippen LogP contribution in [0.5, 0.6) is 0 Å². The van der Waals surface area contributed by atoms with Gasteiger partial charge in [-0.2, -0.15) is 0 Å². The smallest absolute Gasteiger partial charge is 0.0774 e. The van der Waals surface area contributed by atoms with Gasteiger partial charge in [-0.15, -0.1) is 0 Å². The first kappa shape index (κ1) is 15.4. The quantitative estimate of drug-likeness (QED) is 0.853. The van der Waals surface area contributed by atoms with Crippen molar-refractivity contribution in [1.29, 1.82) is 0 Å². The van der Waals surface area contributed by atoms with Crippen molar-refractivity contribution in [2.24, 2.45) is 0 Å². The van der Waals surface area contributed by atoms with Crippen LogP contribution in [0.15, 0.2) is 0 Å². The van der Waals surface area contributed by atoms with Crippen LogP contribution in [-0.4, -0.2) is 83.3 Å². The van der Waals surface area contributed by atoms with Crippen molar-refractivity contribution in [3.63, 3.8) is 0 Å². The van der Waals surface area contributed by atoms with Gasteiger partial charge in [0.2, 0.25) is 0 Å². The second kappa shape index (κ2) is 6.39. The third kappa shape index (κ3) is 3.21. The van der Waals surface area contributed by atoms with E-state index in [1.165, 1.54) is 77.8 Å². The highest BCUT2D eigenvalue weighted by atomic mass is 16.3. The molecule has 0 aromatic carbocycles. The lowest BCUT2D eigenvalue weighted by atomic mass is 9.79. The Morgan fingerprint density at radius 1 is 0.773 bits per heavy atom. The molecule has 1 N–H and O–H groups in total. The fraction of sp³-hybridized carbons (Fsp3) is 1.00. The van der Waals surface area contributed by atoms with E-state index in [1.54, 1.807) is 0 Å². The van der Waals surface area contributed by atoms with Crippen LogP contribution < -0.4 is 0 Å². The van der Waals surface area contributed by atoms with Crippen LogP contribution in [0, 0.1) is 0 Å². The van der Waals surface area contributed by atoms with E-state index < -0.39 is 0 Å². The molecule has 0 aromatic heterocycles. The Morgan fingerprint density at radius 2 is 1.36 bits per heavy atom. The lowest BCUT2D eigenvalue weighted by Crippen LogP contribution is -2.66. The van der Waals surface area contributed by atoms with Crippen molar-refractivity contribution >= 4 is 0 Å². The predicted molar refractivity (Wildman–Crippen MR) is 89.0 cm³/mol.